The molecule has 2 aliphatic carbocycles. The van der Waals surface area contributed by atoms with Gasteiger partial charge in [-0.05, 0) is 73.9 Å². The van der Waals surface area contributed by atoms with Crippen LogP contribution in [0.15, 0.2) is 58.3 Å². The summed E-state index contributed by atoms with van der Waals surface area (Å²) in [6, 6.07) is 14.9. The third-order valence-corrected chi connectivity index (χ3v) is 6.73. The van der Waals surface area contributed by atoms with Gasteiger partial charge in [0.15, 0.2) is 0 Å². The third kappa shape index (κ3) is 7.42. The SMILES string of the molecule is O=C(OCCCC1CC1)c1cccc(Sc2cccc(C(=O)OCCCC3CC3)c2)c1. The smallest absolute Gasteiger partial charge is 0.338 e. The van der Waals surface area contributed by atoms with Crippen molar-refractivity contribution in [1.82, 2.24) is 0 Å². The van der Waals surface area contributed by atoms with Crippen molar-refractivity contribution in [2.45, 2.75) is 61.2 Å². The van der Waals surface area contributed by atoms with Gasteiger partial charge in [-0.25, -0.2) is 9.59 Å². The molecule has 0 atom stereocenters. The van der Waals surface area contributed by atoms with Crippen molar-refractivity contribution in [3.8, 4) is 0 Å². The van der Waals surface area contributed by atoms with Crippen molar-refractivity contribution >= 4 is 23.7 Å². The van der Waals surface area contributed by atoms with E-state index in [-0.39, 0.29) is 11.9 Å². The van der Waals surface area contributed by atoms with Gasteiger partial charge < -0.3 is 9.47 Å². The Hall–Kier alpha value is -2.27. The first-order valence-electron chi connectivity index (χ1n) is 11.4. The molecule has 0 unspecified atom stereocenters. The third-order valence-electron chi connectivity index (χ3n) is 5.75. The zero-order valence-electron chi connectivity index (χ0n) is 17.9. The van der Waals surface area contributed by atoms with Gasteiger partial charge in [-0.1, -0.05) is 49.6 Å². The highest BCUT2D eigenvalue weighted by molar-refractivity contribution is 7.99. The molecule has 0 amide bonds. The molecule has 0 radical (unpaired) electrons. The zero-order chi connectivity index (χ0) is 21.5. The van der Waals surface area contributed by atoms with E-state index in [4.69, 9.17) is 9.47 Å². The van der Waals surface area contributed by atoms with E-state index in [0.717, 1.165) is 47.3 Å². The standard InChI is InChI=1S/C26H30O4S/c27-25(29-15-3-5-19-11-12-19)21-7-1-9-23(17-21)31-24-10-2-8-22(18-24)26(28)30-16-4-6-20-13-14-20/h1-2,7-10,17-20H,3-6,11-16H2. The van der Waals surface area contributed by atoms with E-state index >= 15 is 0 Å². The fourth-order valence-corrected chi connectivity index (χ4v) is 4.50. The molecule has 4 nitrogen and oxygen atoms in total. The molecule has 0 heterocycles. The molecule has 5 heteroatoms. The normalized spacial score (nSPS) is 15.5. The molecule has 0 bridgehead atoms. The molecule has 0 aliphatic heterocycles. The highest BCUT2D eigenvalue weighted by atomic mass is 32.2. The lowest BCUT2D eigenvalue weighted by molar-refractivity contribution is 0.0487. The maximum absolute atomic E-state index is 12.3. The van der Waals surface area contributed by atoms with Crippen LogP contribution in [0.1, 0.15) is 72.1 Å². The highest BCUT2D eigenvalue weighted by Crippen LogP contribution is 2.34. The van der Waals surface area contributed by atoms with Crippen LogP contribution in [-0.2, 0) is 9.47 Å². The number of carbonyl (C=O) groups excluding carboxylic acids is 2. The highest BCUT2D eigenvalue weighted by Gasteiger charge is 2.21. The Kier molecular flexibility index (Phi) is 7.68. The van der Waals surface area contributed by atoms with Crippen LogP contribution in [0, 0.1) is 11.8 Å². The number of ether oxygens (including phenoxy) is 2. The minimum absolute atomic E-state index is 0.276. The van der Waals surface area contributed by atoms with Crippen LogP contribution in [0.5, 0.6) is 0 Å². The van der Waals surface area contributed by atoms with Crippen LogP contribution >= 0.6 is 11.8 Å². The van der Waals surface area contributed by atoms with Crippen LogP contribution in [0.2, 0.25) is 0 Å². The number of hydrogen-bond acceptors (Lipinski definition) is 5. The Labute approximate surface area is 188 Å². The molecule has 2 saturated carbocycles. The predicted molar refractivity (Wildman–Crippen MR) is 121 cm³/mol. The van der Waals surface area contributed by atoms with E-state index in [0.29, 0.717) is 24.3 Å². The van der Waals surface area contributed by atoms with Crippen molar-refractivity contribution < 1.29 is 19.1 Å². The monoisotopic (exact) mass is 438 g/mol. The Bertz CT molecular complexity index is 828. The second kappa shape index (κ2) is 10.9. The molecule has 2 aromatic rings. The molecule has 31 heavy (non-hydrogen) atoms. The van der Waals surface area contributed by atoms with Crippen molar-refractivity contribution in [1.29, 1.82) is 0 Å². The largest absolute Gasteiger partial charge is 0.462 e. The predicted octanol–water partition coefficient (Wildman–Crippen LogP) is 6.53. The Balaban J connectivity index is 1.27. The second-order valence-corrected chi connectivity index (χ2v) is 9.75. The summed E-state index contributed by atoms with van der Waals surface area (Å²) in [6.45, 7) is 0.967. The molecule has 2 aliphatic rings. The summed E-state index contributed by atoms with van der Waals surface area (Å²) in [5.41, 5.74) is 1.12. The first kappa shape index (κ1) is 21.9. The van der Waals surface area contributed by atoms with E-state index in [9.17, 15) is 9.59 Å². The minimum Gasteiger partial charge on any atom is -0.462 e. The maximum atomic E-state index is 12.3. The maximum Gasteiger partial charge on any atom is 0.338 e. The molecule has 4 rings (SSSR count). The molecular weight excluding hydrogens is 408 g/mol. The molecule has 0 spiro atoms. The number of hydrogen-bond donors (Lipinski definition) is 0. The summed E-state index contributed by atoms with van der Waals surface area (Å²) in [6.07, 6.45) is 9.49. The number of carbonyl (C=O) groups is 2. The summed E-state index contributed by atoms with van der Waals surface area (Å²) in [7, 11) is 0. The average molecular weight is 439 g/mol. The summed E-state index contributed by atoms with van der Waals surface area (Å²) in [5.74, 6) is 1.16. The van der Waals surface area contributed by atoms with Gasteiger partial charge in [-0.15, -0.1) is 0 Å². The van der Waals surface area contributed by atoms with E-state index < -0.39 is 0 Å². The number of rotatable bonds is 12. The van der Waals surface area contributed by atoms with Gasteiger partial charge in [0.05, 0.1) is 24.3 Å². The van der Waals surface area contributed by atoms with Crippen LogP contribution in [0.4, 0.5) is 0 Å². The summed E-state index contributed by atoms with van der Waals surface area (Å²) in [5, 5.41) is 0. The second-order valence-electron chi connectivity index (χ2n) is 8.60. The Morgan fingerprint density at radius 1 is 0.742 bits per heavy atom. The molecule has 0 N–H and O–H groups in total. The Morgan fingerprint density at radius 2 is 1.19 bits per heavy atom. The Morgan fingerprint density at radius 3 is 1.61 bits per heavy atom. The lowest BCUT2D eigenvalue weighted by atomic mass is 10.2. The fourth-order valence-electron chi connectivity index (χ4n) is 3.56. The first-order valence-corrected chi connectivity index (χ1v) is 12.2. The quantitative estimate of drug-likeness (QED) is 0.278. The zero-order valence-corrected chi connectivity index (χ0v) is 18.7. The molecule has 2 fully saturated rings. The van der Waals surface area contributed by atoms with E-state index in [1.807, 2.05) is 36.4 Å². The van der Waals surface area contributed by atoms with Gasteiger partial charge in [0.25, 0.3) is 0 Å². The van der Waals surface area contributed by atoms with Crippen LogP contribution in [0.25, 0.3) is 0 Å². The van der Waals surface area contributed by atoms with Crippen molar-refractivity contribution in [3.05, 3.63) is 59.7 Å². The van der Waals surface area contributed by atoms with Crippen LogP contribution in [0.3, 0.4) is 0 Å². The number of benzene rings is 2. The summed E-state index contributed by atoms with van der Waals surface area (Å²) < 4.78 is 10.8. The van der Waals surface area contributed by atoms with Crippen LogP contribution in [-0.4, -0.2) is 25.2 Å². The molecule has 0 aromatic heterocycles. The minimum atomic E-state index is -0.276. The van der Waals surface area contributed by atoms with Gasteiger partial charge in [-0.3, -0.25) is 0 Å². The first-order chi connectivity index (χ1) is 15.2. The van der Waals surface area contributed by atoms with Gasteiger partial charge >= 0.3 is 11.9 Å². The lowest BCUT2D eigenvalue weighted by Crippen LogP contribution is -2.07. The number of esters is 2. The van der Waals surface area contributed by atoms with E-state index in [1.165, 1.54) is 37.4 Å². The van der Waals surface area contributed by atoms with Crippen molar-refractivity contribution in [2.75, 3.05) is 13.2 Å². The lowest BCUT2D eigenvalue weighted by Gasteiger charge is -2.08. The van der Waals surface area contributed by atoms with Gasteiger partial charge in [0, 0.05) is 9.79 Å². The summed E-state index contributed by atoms with van der Waals surface area (Å²) >= 11 is 1.52. The summed E-state index contributed by atoms with van der Waals surface area (Å²) in [4.78, 5) is 26.5. The fraction of sp³-hybridized carbons (Fsp3) is 0.462. The molecular formula is C26H30O4S. The average Bonchev–Trinajstić information content (AvgIpc) is 3.70. The van der Waals surface area contributed by atoms with Gasteiger partial charge in [0.1, 0.15) is 0 Å². The topological polar surface area (TPSA) is 52.6 Å². The van der Waals surface area contributed by atoms with E-state index in [1.54, 1.807) is 12.1 Å². The van der Waals surface area contributed by atoms with Crippen molar-refractivity contribution in [2.24, 2.45) is 11.8 Å². The molecule has 2 aromatic carbocycles. The van der Waals surface area contributed by atoms with Crippen molar-refractivity contribution in [3.63, 3.8) is 0 Å². The van der Waals surface area contributed by atoms with Gasteiger partial charge in [0.2, 0.25) is 0 Å². The van der Waals surface area contributed by atoms with E-state index in [2.05, 4.69) is 0 Å². The van der Waals surface area contributed by atoms with Gasteiger partial charge in [-0.2, -0.15) is 0 Å². The molecule has 0 saturated heterocycles. The van der Waals surface area contributed by atoms with Crippen LogP contribution < -0.4 is 0 Å². The molecule has 164 valence electrons.